The second-order valence-corrected chi connectivity index (χ2v) is 4.30. The molecule has 2 rings (SSSR count). The number of halogens is 1. The van der Waals surface area contributed by atoms with E-state index in [1.54, 1.807) is 18.3 Å². The summed E-state index contributed by atoms with van der Waals surface area (Å²) in [6.45, 7) is 0. The molecule has 6 heteroatoms. The highest BCUT2D eigenvalue weighted by Crippen LogP contribution is 2.27. The minimum absolute atomic E-state index is 0.108. The van der Waals surface area contributed by atoms with Crippen molar-refractivity contribution in [2.75, 3.05) is 5.73 Å². The molecule has 0 unspecified atom stereocenters. The Morgan fingerprint density at radius 3 is 2.67 bits per heavy atom. The van der Waals surface area contributed by atoms with E-state index in [0.29, 0.717) is 10.9 Å². The molecule has 0 bridgehead atoms. The summed E-state index contributed by atoms with van der Waals surface area (Å²) in [7, 11) is -4.78. The normalized spacial score (nSPS) is 11.8. The van der Waals surface area contributed by atoms with Crippen molar-refractivity contribution in [3.05, 3.63) is 30.5 Å². The Balaban J connectivity index is 2.88. The number of hydrogen-bond acceptors (Lipinski definition) is 4. The van der Waals surface area contributed by atoms with Crippen molar-refractivity contribution in [3.63, 3.8) is 0 Å². The fourth-order valence-electron chi connectivity index (χ4n) is 1.37. The van der Waals surface area contributed by atoms with Crippen LogP contribution in [0.3, 0.4) is 0 Å². The number of anilines is 1. The van der Waals surface area contributed by atoms with E-state index in [1.165, 1.54) is 6.07 Å². The fraction of sp³-hybridized carbons (Fsp3) is 0. The maximum atomic E-state index is 12.8. The molecule has 0 aliphatic carbocycles. The van der Waals surface area contributed by atoms with Crippen LogP contribution in [0.2, 0.25) is 0 Å². The summed E-state index contributed by atoms with van der Waals surface area (Å²) in [6, 6.07) is 5.72. The standard InChI is InChI=1S/C9H7FN2O2S/c10-15(13,14)8-4-3-7-6(9(8)11)2-1-5-12-7/h1-5H,11H2. The van der Waals surface area contributed by atoms with Crippen LogP contribution in [0, 0.1) is 0 Å². The van der Waals surface area contributed by atoms with Crippen molar-refractivity contribution in [3.8, 4) is 0 Å². The number of benzene rings is 1. The Morgan fingerprint density at radius 2 is 2.00 bits per heavy atom. The van der Waals surface area contributed by atoms with Gasteiger partial charge in [0.05, 0.1) is 11.2 Å². The molecule has 0 saturated carbocycles. The van der Waals surface area contributed by atoms with Crippen LogP contribution >= 0.6 is 0 Å². The second kappa shape index (κ2) is 3.16. The van der Waals surface area contributed by atoms with Gasteiger partial charge in [0, 0.05) is 11.6 Å². The lowest BCUT2D eigenvalue weighted by molar-refractivity contribution is 0.552. The van der Waals surface area contributed by atoms with Crippen LogP contribution in [0.1, 0.15) is 0 Å². The molecule has 2 N–H and O–H groups in total. The summed E-state index contributed by atoms with van der Waals surface area (Å²) in [6.07, 6.45) is 1.55. The topological polar surface area (TPSA) is 73.1 Å². The largest absolute Gasteiger partial charge is 0.397 e. The van der Waals surface area contributed by atoms with Gasteiger partial charge in [-0.15, -0.1) is 3.89 Å². The van der Waals surface area contributed by atoms with E-state index in [0.717, 1.165) is 6.07 Å². The highest BCUT2D eigenvalue weighted by atomic mass is 32.3. The van der Waals surface area contributed by atoms with Gasteiger partial charge in [0.2, 0.25) is 0 Å². The fourth-order valence-corrected chi connectivity index (χ4v) is 1.97. The molecule has 0 aliphatic rings. The molecular weight excluding hydrogens is 219 g/mol. The molecular formula is C9H7FN2O2S. The monoisotopic (exact) mass is 226 g/mol. The lowest BCUT2D eigenvalue weighted by Crippen LogP contribution is -2.00. The minimum Gasteiger partial charge on any atom is -0.397 e. The van der Waals surface area contributed by atoms with Crippen molar-refractivity contribution in [2.45, 2.75) is 4.90 Å². The Labute approximate surface area is 85.8 Å². The third kappa shape index (κ3) is 1.63. The molecule has 0 amide bonds. The van der Waals surface area contributed by atoms with E-state index in [9.17, 15) is 12.3 Å². The number of pyridine rings is 1. The summed E-state index contributed by atoms with van der Waals surface area (Å²) in [5.74, 6) is 0. The number of fused-ring (bicyclic) bond motifs is 1. The van der Waals surface area contributed by atoms with E-state index in [-0.39, 0.29) is 5.69 Å². The van der Waals surface area contributed by atoms with Crippen molar-refractivity contribution in [1.29, 1.82) is 0 Å². The van der Waals surface area contributed by atoms with Gasteiger partial charge in [-0.2, -0.15) is 8.42 Å². The average molecular weight is 226 g/mol. The zero-order valence-corrected chi connectivity index (χ0v) is 8.33. The van der Waals surface area contributed by atoms with Gasteiger partial charge in [-0.1, -0.05) is 0 Å². The second-order valence-electron chi connectivity index (χ2n) is 2.99. The molecule has 0 fully saturated rings. The van der Waals surface area contributed by atoms with E-state index in [1.807, 2.05) is 0 Å². The lowest BCUT2D eigenvalue weighted by Gasteiger charge is -2.04. The molecule has 0 spiro atoms. The number of aromatic nitrogens is 1. The quantitative estimate of drug-likeness (QED) is 0.590. The predicted molar refractivity (Wildman–Crippen MR) is 54.4 cm³/mol. The minimum atomic E-state index is -4.78. The van der Waals surface area contributed by atoms with Gasteiger partial charge >= 0.3 is 10.2 Å². The molecule has 0 atom stereocenters. The van der Waals surface area contributed by atoms with Crippen LogP contribution in [0.15, 0.2) is 35.4 Å². The van der Waals surface area contributed by atoms with Crippen molar-refractivity contribution in [2.24, 2.45) is 0 Å². The van der Waals surface area contributed by atoms with E-state index < -0.39 is 15.1 Å². The number of hydrogen-bond donors (Lipinski definition) is 1. The van der Waals surface area contributed by atoms with Crippen molar-refractivity contribution < 1.29 is 12.3 Å². The van der Waals surface area contributed by atoms with E-state index in [2.05, 4.69) is 4.98 Å². The molecule has 1 heterocycles. The highest BCUT2D eigenvalue weighted by molar-refractivity contribution is 7.86. The Morgan fingerprint density at radius 1 is 1.27 bits per heavy atom. The van der Waals surface area contributed by atoms with Crippen molar-refractivity contribution in [1.82, 2.24) is 4.98 Å². The van der Waals surface area contributed by atoms with Gasteiger partial charge in [-0.25, -0.2) is 0 Å². The van der Waals surface area contributed by atoms with Gasteiger partial charge in [0.25, 0.3) is 0 Å². The Bertz CT molecular complexity index is 625. The first-order valence-corrected chi connectivity index (χ1v) is 5.46. The van der Waals surface area contributed by atoms with E-state index in [4.69, 9.17) is 5.73 Å². The average Bonchev–Trinajstić information content (AvgIpc) is 2.16. The molecule has 0 saturated heterocycles. The van der Waals surface area contributed by atoms with Gasteiger partial charge < -0.3 is 5.73 Å². The SMILES string of the molecule is Nc1c(S(=O)(=O)F)ccc2ncccc12. The summed E-state index contributed by atoms with van der Waals surface area (Å²) < 4.78 is 34.2. The Hall–Kier alpha value is -1.69. The summed E-state index contributed by atoms with van der Waals surface area (Å²) >= 11 is 0. The van der Waals surface area contributed by atoms with Crippen molar-refractivity contribution >= 4 is 26.8 Å². The first-order valence-electron chi connectivity index (χ1n) is 4.08. The summed E-state index contributed by atoms with van der Waals surface area (Å²) in [5.41, 5.74) is 5.97. The number of nitrogens with two attached hydrogens (primary N) is 1. The predicted octanol–water partition coefficient (Wildman–Crippen LogP) is 1.48. The number of nitrogens with zero attached hydrogens (tertiary/aromatic N) is 1. The molecule has 15 heavy (non-hydrogen) atoms. The third-order valence-electron chi connectivity index (χ3n) is 2.05. The third-order valence-corrected chi connectivity index (χ3v) is 2.93. The van der Waals surface area contributed by atoms with Crippen LogP contribution in [0.25, 0.3) is 10.9 Å². The molecule has 1 aromatic carbocycles. The summed E-state index contributed by atoms with van der Waals surface area (Å²) in [4.78, 5) is 3.46. The molecule has 78 valence electrons. The van der Waals surface area contributed by atoms with Gasteiger partial charge in [0.1, 0.15) is 4.90 Å². The zero-order valence-electron chi connectivity index (χ0n) is 7.51. The molecule has 2 aromatic rings. The van der Waals surface area contributed by atoms with Gasteiger partial charge in [0.15, 0.2) is 0 Å². The highest BCUT2D eigenvalue weighted by Gasteiger charge is 2.17. The van der Waals surface area contributed by atoms with Crippen LogP contribution in [-0.4, -0.2) is 13.4 Å². The number of nitrogen functional groups attached to an aromatic ring is 1. The maximum Gasteiger partial charge on any atom is 0.334 e. The molecule has 1 aromatic heterocycles. The van der Waals surface area contributed by atoms with Crippen LogP contribution < -0.4 is 5.73 Å². The lowest BCUT2D eigenvalue weighted by atomic mass is 10.2. The van der Waals surface area contributed by atoms with Crippen LogP contribution in [0.5, 0.6) is 0 Å². The molecule has 0 radical (unpaired) electrons. The zero-order chi connectivity index (χ0) is 11.1. The number of rotatable bonds is 1. The molecule has 0 aliphatic heterocycles. The van der Waals surface area contributed by atoms with Crippen LogP contribution in [0.4, 0.5) is 9.57 Å². The van der Waals surface area contributed by atoms with Gasteiger partial charge in [-0.3, -0.25) is 4.98 Å². The Kier molecular flexibility index (Phi) is 2.08. The maximum absolute atomic E-state index is 12.8. The first kappa shape index (κ1) is 9.85. The van der Waals surface area contributed by atoms with Crippen LogP contribution in [-0.2, 0) is 10.2 Å². The summed E-state index contributed by atoms with van der Waals surface area (Å²) in [5, 5.41) is 0.427. The smallest absolute Gasteiger partial charge is 0.334 e. The first-order chi connectivity index (χ1) is 7.00. The molecule has 4 nitrogen and oxygen atoms in total. The van der Waals surface area contributed by atoms with E-state index >= 15 is 0 Å². The van der Waals surface area contributed by atoms with Gasteiger partial charge in [-0.05, 0) is 24.3 Å².